The quantitative estimate of drug-likeness (QED) is 0.869. The van der Waals surface area contributed by atoms with E-state index in [4.69, 9.17) is 16.0 Å². The second-order valence-corrected chi connectivity index (χ2v) is 4.70. The van der Waals surface area contributed by atoms with Crippen LogP contribution in [0, 0.1) is 0 Å². The number of furan rings is 1. The molecule has 2 aromatic heterocycles. The molecule has 1 aliphatic heterocycles. The summed E-state index contributed by atoms with van der Waals surface area (Å²) in [4.78, 5) is 0. The molecule has 0 radical (unpaired) electrons. The van der Waals surface area contributed by atoms with Crippen LogP contribution in [0.25, 0.3) is 0 Å². The summed E-state index contributed by atoms with van der Waals surface area (Å²) >= 11 is 5.86. The molecule has 0 spiro atoms. The van der Waals surface area contributed by atoms with Gasteiger partial charge in [-0.15, -0.1) is 0 Å². The fraction of sp³-hybridized carbons (Fsp3) is 0.364. The van der Waals surface area contributed by atoms with Crippen molar-refractivity contribution in [2.45, 2.75) is 24.7 Å². The Morgan fingerprint density at radius 1 is 1.47 bits per heavy atom. The Morgan fingerprint density at radius 3 is 2.89 bits per heavy atom. The maximum atomic E-state index is 13.1. The second-order valence-electron chi connectivity index (χ2n) is 4.29. The predicted molar refractivity (Wildman–Crippen MR) is 62.0 cm³/mol. The molecule has 0 aromatic carbocycles. The molecular weight excluding hydrogens is 283 g/mol. The molecule has 1 aliphatic rings. The number of rotatable bonds is 1. The Morgan fingerprint density at radius 2 is 2.26 bits per heavy atom. The van der Waals surface area contributed by atoms with Crippen LogP contribution in [0.5, 0.6) is 0 Å². The number of anilines is 1. The van der Waals surface area contributed by atoms with Gasteiger partial charge in [0.05, 0.1) is 18.5 Å². The van der Waals surface area contributed by atoms with Gasteiger partial charge in [-0.1, -0.05) is 11.6 Å². The van der Waals surface area contributed by atoms with Crippen molar-refractivity contribution in [3.63, 3.8) is 0 Å². The summed E-state index contributed by atoms with van der Waals surface area (Å²) in [6, 6.07) is 0.965. The highest BCUT2D eigenvalue weighted by molar-refractivity contribution is 6.32. The standard InChI is InChI=1S/C11H9ClF3N3O/c12-6-5-16-18-9(11(13,14)15)4-7(17-10(6)18)8-2-1-3-19-8/h1-3,5,7,9,17H,4H2. The van der Waals surface area contributed by atoms with E-state index in [0.29, 0.717) is 5.76 Å². The Labute approximate surface area is 111 Å². The van der Waals surface area contributed by atoms with Crippen molar-refractivity contribution in [3.05, 3.63) is 35.4 Å². The van der Waals surface area contributed by atoms with E-state index >= 15 is 0 Å². The van der Waals surface area contributed by atoms with Crippen molar-refractivity contribution in [3.8, 4) is 0 Å². The molecule has 19 heavy (non-hydrogen) atoms. The third-order valence-corrected chi connectivity index (χ3v) is 3.36. The van der Waals surface area contributed by atoms with E-state index < -0.39 is 18.3 Å². The smallest absolute Gasteiger partial charge is 0.410 e. The molecular formula is C11H9ClF3N3O. The third-order valence-electron chi connectivity index (χ3n) is 3.08. The fourth-order valence-corrected chi connectivity index (χ4v) is 2.39. The molecule has 0 amide bonds. The Balaban J connectivity index is 2.02. The highest BCUT2D eigenvalue weighted by Crippen LogP contribution is 2.45. The van der Waals surface area contributed by atoms with E-state index in [1.807, 2.05) is 0 Å². The van der Waals surface area contributed by atoms with Crippen LogP contribution in [0.2, 0.25) is 5.02 Å². The van der Waals surface area contributed by atoms with Gasteiger partial charge in [0.2, 0.25) is 0 Å². The molecule has 0 saturated carbocycles. The predicted octanol–water partition coefficient (Wildman–Crippen LogP) is 3.79. The average molecular weight is 292 g/mol. The zero-order chi connectivity index (χ0) is 13.6. The van der Waals surface area contributed by atoms with Gasteiger partial charge in [0, 0.05) is 6.42 Å². The number of fused-ring (bicyclic) bond motifs is 1. The molecule has 4 nitrogen and oxygen atoms in total. The van der Waals surface area contributed by atoms with Crippen LogP contribution in [-0.4, -0.2) is 16.0 Å². The van der Waals surface area contributed by atoms with Crippen molar-refractivity contribution in [2.75, 3.05) is 5.32 Å². The molecule has 2 aromatic rings. The van der Waals surface area contributed by atoms with E-state index in [1.165, 1.54) is 12.5 Å². The van der Waals surface area contributed by atoms with Crippen LogP contribution in [0.1, 0.15) is 24.3 Å². The van der Waals surface area contributed by atoms with E-state index in [9.17, 15) is 13.2 Å². The van der Waals surface area contributed by atoms with Gasteiger partial charge in [-0.3, -0.25) is 0 Å². The van der Waals surface area contributed by atoms with Gasteiger partial charge in [0.15, 0.2) is 6.04 Å². The molecule has 102 valence electrons. The van der Waals surface area contributed by atoms with Gasteiger partial charge < -0.3 is 9.73 Å². The molecule has 2 atom stereocenters. The van der Waals surface area contributed by atoms with Crippen LogP contribution >= 0.6 is 11.6 Å². The van der Waals surface area contributed by atoms with E-state index in [1.54, 1.807) is 12.1 Å². The van der Waals surface area contributed by atoms with Crippen LogP contribution in [0.3, 0.4) is 0 Å². The average Bonchev–Trinajstić information content (AvgIpc) is 2.97. The summed E-state index contributed by atoms with van der Waals surface area (Å²) in [5.41, 5.74) is 0. The largest absolute Gasteiger partial charge is 0.467 e. The highest BCUT2D eigenvalue weighted by Gasteiger charge is 2.47. The molecule has 8 heteroatoms. The lowest BCUT2D eigenvalue weighted by atomic mass is 10.0. The summed E-state index contributed by atoms with van der Waals surface area (Å²) < 4.78 is 45.3. The molecule has 1 N–H and O–H groups in total. The zero-order valence-corrected chi connectivity index (χ0v) is 10.2. The van der Waals surface area contributed by atoms with E-state index in [2.05, 4.69) is 10.4 Å². The summed E-state index contributed by atoms with van der Waals surface area (Å²) in [7, 11) is 0. The van der Waals surface area contributed by atoms with Crippen LogP contribution in [0.4, 0.5) is 19.0 Å². The normalized spacial score (nSPS) is 22.9. The van der Waals surface area contributed by atoms with Gasteiger partial charge in [-0.2, -0.15) is 18.3 Å². The van der Waals surface area contributed by atoms with Crippen molar-refractivity contribution in [1.82, 2.24) is 9.78 Å². The maximum absolute atomic E-state index is 13.1. The first-order valence-electron chi connectivity index (χ1n) is 5.56. The molecule has 0 aliphatic carbocycles. The monoisotopic (exact) mass is 291 g/mol. The van der Waals surface area contributed by atoms with Crippen molar-refractivity contribution >= 4 is 17.4 Å². The highest BCUT2D eigenvalue weighted by atomic mass is 35.5. The first-order chi connectivity index (χ1) is 8.97. The van der Waals surface area contributed by atoms with E-state index in [0.717, 1.165) is 4.68 Å². The van der Waals surface area contributed by atoms with Crippen molar-refractivity contribution in [2.24, 2.45) is 0 Å². The lowest BCUT2D eigenvalue weighted by Crippen LogP contribution is -2.35. The van der Waals surface area contributed by atoms with Gasteiger partial charge in [-0.25, -0.2) is 4.68 Å². The lowest BCUT2D eigenvalue weighted by Gasteiger charge is -2.32. The van der Waals surface area contributed by atoms with Gasteiger partial charge >= 0.3 is 6.18 Å². The molecule has 0 bridgehead atoms. The van der Waals surface area contributed by atoms with Crippen LogP contribution in [0.15, 0.2) is 29.0 Å². The Bertz CT molecular complexity index is 579. The Kier molecular flexibility index (Phi) is 2.74. The molecule has 2 unspecified atom stereocenters. The number of hydrogen-bond acceptors (Lipinski definition) is 3. The summed E-state index contributed by atoms with van der Waals surface area (Å²) in [6.45, 7) is 0. The lowest BCUT2D eigenvalue weighted by molar-refractivity contribution is -0.174. The summed E-state index contributed by atoms with van der Waals surface area (Å²) in [6.07, 6.45) is -1.96. The minimum Gasteiger partial charge on any atom is -0.467 e. The number of halogens is 4. The van der Waals surface area contributed by atoms with Gasteiger partial charge in [-0.05, 0) is 12.1 Å². The molecule has 0 saturated heterocycles. The van der Waals surface area contributed by atoms with Crippen LogP contribution in [-0.2, 0) is 0 Å². The first kappa shape index (κ1) is 12.4. The number of nitrogens with zero attached hydrogens (tertiary/aromatic N) is 2. The maximum Gasteiger partial charge on any atom is 0.410 e. The zero-order valence-electron chi connectivity index (χ0n) is 9.49. The van der Waals surface area contributed by atoms with Crippen LogP contribution < -0.4 is 5.32 Å². The number of aromatic nitrogens is 2. The SMILES string of the molecule is FC(F)(F)C1CC(c2ccco2)Nc2c(Cl)cnn21. The van der Waals surface area contributed by atoms with Crippen molar-refractivity contribution in [1.29, 1.82) is 0 Å². The van der Waals surface area contributed by atoms with Gasteiger partial charge in [0.1, 0.15) is 16.6 Å². The topological polar surface area (TPSA) is 43.0 Å². The summed E-state index contributed by atoms with van der Waals surface area (Å²) in [5.74, 6) is 0.606. The first-order valence-corrected chi connectivity index (χ1v) is 5.94. The van der Waals surface area contributed by atoms with E-state index in [-0.39, 0.29) is 17.3 Å². The molecule has 0 fully saturated rings. The minimum atomic E-state index is -4.39. The summed E-state index contributed by atoms with van der Waals surface area (Å²) in [5, 5.41) is 6.77. The van der Waals surface area contributed by atoms with Gasteiger partial charge in [0.25, 0.3) is 0 Å². The number of nitrogens with one attached hydrogen (secondary N) is 1. The number of alkyl halides is 3. The molecule has 3 heterocycles. The second kappa shape index (κ2) is 4.19. The minimum absolute atomic E-state index is 0.158. The third kappa shape index (κ3) is 2.07. The Hall–Kier alpha value is -1.63. The molecule has 3 rings (SSSR count). The van der Waals surface area contributed by atoms with Crippen molar-refractivity contribution < 1.29 is 17.6 Å². The number of hydrogen-bond donors (Lipinski definition) is 1. The fourth-order valence-electron chi connectivity index (χ4n) is 2.21.